The number of unbranched alkanes of at least 4 members (excludes halogenated alkanes) is 1. The minimum atomic E-state index is -0.314. The molecule has 2 aromatic heterocycles. The van der Waals surface area contributed by atoms with E-state index in [4.69, 9.17) is 21.1 Å². The number of nitrogens with one attached hydrogen (secondary N) is 1. The van der Waals surface area contributed by atoms with E-state index in [2.05, 4.69) is 47.8 Å². The van der Waals surface area contributed by atoms with Crippen molar-refractivity contribution in [3.8, 4) is 5.75 Å². The van der Waals surface area contributed by atoms with E-state index in [1.54, 1.807) is 25.1 Å². The molecular weight excluding hydrogens is 520 g/mol. The van der Waals surface area contributed by atoms with Crippen LogP contribution in [0.2, 0.25) is 5.15 Å². The fraction of sp³-hybridized carbons (Fsp3) is 0.517. The monoisotopic (exact) mass is 562 g/mol. The van der Waals surface area contributed by atoms with Crippen molar-refractivity contribution in [3.05, 3.63) is 57.9 Å². The molecule has 1 aliphatic rings. The Kier molecular flexibility index (Phi) is 16.4. The third-order valence-corrected chi connectivity index (χ3v) is 6.26. The number of allylic oxidation sites excluding steroid dienone is 3. The van der Waals surface area contributed by atoms with Gasteiger partial charge in [-0.15, -0.1) is 10.2 Å². The van der Waals surface area contributed by atoms with Gasteiger partial charge < -0.3 is 9.47 Å². The SMILES string of the molecule is C=C(C)/C=C(\C(=C/C)C(=O)Nc1nnc(C)s1)c1cc(Cl)ncc1OC.CCC.CCCCC1CCOC1. The summed E-state index contributed by atoms with van der Waals surface area (Å²) in [6.07, 6.45) is 11.7. The number of rotatable bonds is 9. The van der Waals surface area contributed by atoms with Crippen molar-refractivity contribution in [3.63, 3.8) is 0 Å². The van der Waals surface area contributed by atoms with E-state index in [1.165, 1.54) is 56.7 Å². The molecule has 0 aliphatic carbocycles. The molecule has 0 saturated carbocycles. The van der Waals surface area contributed by atoms with Gasteiger partial charge in [0.25, 0.3) is 5.91 Å². The van der Waals surface area contributed by atoms with Gasteiger partial charge in [-0.1, -0.05) is 87.3 Å². The average molecular weight is 563 g/mol. The summed E-state index contributed by atoms with van der Waals surface area (Å²) in [6, 6.07) is 1.65. The maximum atomic E-state index is 12.8. The van der Waals surface area contributed by atoms with Crippen LogP contribution in [0, 0.1) is 12.8 Å². The number of anilines is 1. The Morgan fingerprint density at radius 1 is 1.34 bits per heavy atom. The molecule has 1 saturated heterocycles. The number of aromatic nitrogens is 3. The van der Waals surface area contributed by atoms with Gasteiger partial charge >= 0.3 is 0 Å². The Hall–Kier alpha value is -2.55. The van der Waals surface area contributed by atoms with Gasteiger partial charge in [-0.05, 0) is 51.2 Å². The van der Waals surface area contributed by atoms with Crippen molar-refractivity contribution in [2.75, 3.05) is 25.6 Å². The predicted octanol–water partition coefficient (Wildman–Crippen LogP) is 8.08. The first-order valence-electron chi connectivity index (χ1n) is 13.1. The lowest BCUT2D eigenvalue weighted by Gasteiger charge is -2.15. The molecule has 1 N–H and O–H groups in total. The molecule has 0 bridgehead atoms. The normalized spacial score (nSPS) is 15.1. The Labute approximate surface area is 237 Å². The van der Waals surface area contributed by atoms with Gasteiger partial charge in [-0.3, -0.25) is 10.1 Å². The molecule has 1 amide bonds. The summed E-state index contributed by atoms with van der Waals surface area (Å²) in [5.74, 6) is 1.08. The standard InChI is InChI=1S/C18H19ClN4O2S.C8H16O.C3H8/c1-6-12(17(24)21-18-23-22-11(4)26-18)13(7-10(2)3)14-8-16(19)20-9-15(14)25-5;1-2-3-4-8-5-6-9-7-8;1-3-2/h6-9H,2H2,1,3-5H3,(H,21,23,24);8H,2-7H2,1H3;3H2,1-2H3/b12-6+,13-7+;;. The molecule has 210 valence electrons. The van der Waals surface area contributed by atoms with Gasteiger partial charge in [0.2, 0.25) is 5.13 Å². The second kappa shape index (κ2) is 18.7. The van der Waals surface area contributed by atoms with Crippen LogP contribution in [0.1, 0.15) is 77.3 Å². The second-order valence-electron chi connectivity index (χ2n) is 8.97. The van der Waals surface area contributed by atoms with Crippen LogP contribution in [0.25, 0.3) is 5.57 Å². The third-order valence-electron chi connectivity index (χ3n) is 5.29. The summed E-state index contributed by atoms with van der Waals surface area (Å²) < 4.78 is 10.6. The van der Waals surface area contributed by atoms with Gasteiger partial charge in [0.1, 0.15) is 15.9 Å². The number of aryl methyl sites for hydroxylation is 1. The van der Waals surface area contributed by atoms with E-state index in [0.717, 1.165) is 29.7 Å². The molecule has 3 heterocycles. The number of amides is 1. The Morgan fingerprint density at radius 3 is 2.55 bits per heavy atom. The maximum Gasteiger partial charge on any atom is 0.257 e. The molecule has 0 radical (unpaired) electrons. The van der Waals surface area contributed by atoms with Crippen LogP contribution in [-0.4, -0.2) is 41.4 Å². The summed E-state index contributed by atoms with van der Waals surface area (Å²) in [4.78, 5) is 16.9. The molecule has 1 unspecified atom stereocenters. The van der Waals surface area contributed by atoms with Crippen molar-refractivity contribution in [2.24, 2.45) is 5.92 Å². The van der Waals surface area contributed by atoms with E-state index in [0.29, 0.717) is 32.7 Å². The number of carbonyl (C=O) groups is 1. The summed E-state index contributed by atoms with van der Waals surface area (Å²) in [6.45, 7) is 17.9. The number of nitrogens with zero attached hydrogens (tertiary/aromatic N) is 3. The fourth-order valence-corrected chi connectivity index (χ4v) is 4.31. The number of halogens is 1. The molecule has 9 heteroatoms. The Morgan fingerprint density at radius 2 is 2.05 bits per heavy atom. The molecule has 1 fully saturated rings. The first kappa shape index (κ1) is 33.5. The Bertz CT molecular complexity index is 1080. The van der Waals surface area contributed by atoms with Gasteiger partial charge in [0, 0.05) is 24.4 Å². The molecule has 3 rings (SSSR count). The summed E-state index contributed by atoms with van der Waals surface area (Å²) >= 11 is 7.36. The highest BCUT2D eigenvalue weighted by Crippen LogP contribution is 2.34. The topological polar surface area (TPSA) is 86.2 Å². The van der Waals surface area contributed by atoms with E-state index in [1.807, 2.05) is 13.8 Å². The smallest absolute Gasteiger partial charge is 0.257 e. The van der Waals surface area contributed by atoms with Gasteiger partial charge in [-0.2, -0.15) is 0 Å². The van der Waals surface area contributed by atoms with Gasteiger partial charge in [0.05, 0.1) is 13.3 Å². The van der Waals surface area contributed by atoms with Crippen LogP contribution in [0.3, 0.4) is 0 Å². The van der Waals surface area contributed by atoms with Gasteiger partial charge in [0.15, 0.2) is 0 Å². The van der Waals surface area contributed by atoms with Crippen LogP contribution in [0.15, 0.2) is 42.1 Å². The first-order valence-corrected chi connectivity index (χ1v) is 14.3. The molecule has 7 nitrogen and oxygen atoms in total. The lowest BCUT2D eigenvalue weighted by molar-refractivity contribution is -0.112. The van der Waals surface area contributed by atoms with E-state index in [9.17, 15) is 4.79 Å². The fourth-order valence-electron chi connectivity index (χ4n) is 3.56. The summed E-state index contributed by atoms with van der Waals surface area (Å²) in [7, 11) is 1.53. The lowest BCUT2D eigenvalue weighted by Crippen LogP contribution is -2.16. The van der Waals surface area contributed by atoms with E-state index >= 15 is 0 Å². The van der Waals surface area contributed by atoms with Crippen molar-refractivity contribution in [1.29, 1.82) is 0 Å². The molecule has 1 aliphatic heterocycles. The molecular formula is C29H43ClN4O3S. The van der Waals surface area contributed by atoms with E-state index < -0.39 is 0 Å². The molecule has 38 heavy (non-hydrogen) atoms. The maximum absolute atomic E-state index is 12.8. The average Bonchev–Trinajstić information content (AvgIpc) is 3.55. The first-order chi connectivity index (χ1) is 18.2. The number of hydrogen-bond acceptors (Lipinski definition) is 7. The quantitative estimate of drug-likeness (QED) is 0.189. The second-order valence-corrected chi connectivity index (χ2v) is 10.5. The zero-order valence-corrected chi connectivity index (χ0v) is 25.5. The van der Waals surface area contributed by atoms with Crippen LogP contribution in [-0.2, 0) is 9.53 Å². The van der Waals surface area contributed by atoms with Crippen LogP contribution in [0.5, 0.6) is 5.75 Å². The van der Waals surface area contributed by atoms with Crippen molar-refractivity contribution >= 4 is 39.5 Å². The number of methoxy groups -OCH3 is 1. The molecule has 0 spiro atoms. The van der Waals surface area contributed by atoms with Gasteiger partial charge in [-0.25, -0.2) is 4.98 Å². The number of pyridine rings is 1. The van der Waals surface area contributed by atoms with Crippen molar-refractivity contribution < 1.29 is 14.3 Å². The van der Waals surface area contributed by atoms with Crippen LogP contribution in [0.4, 0.5) is 5.13 Å². The summed E-state index contributed by atoms with van der Waals surface area (Å²) in [5, 5.41) is 12.1. The molecule has 1 atom stereocenters. The summed E-state index contributed by atoms with van der Waals surface area (Å²) in [5.41, 5.74) is 2.47. The minimum Gasteiger partial charge on any atom is -0.494 e. The zero-order chi connectivity index (χ0) is 28.5. The molecule has 0 aromatic carbocycles. The van der Waals surface area contributed by atoms with Crippen molar-refractivity contribution in [1.82, 2.24) is 15.2 Å². The zero-order valence-electron chi connectivity index (χ0n) is 23.9. The number of carbonyl (C=O) groups excluding carboxylic acids is 1. The number of ether oxygens (including phenoxy) is 2. The lowest BCUT2D eigenvalue weighted by atomic mass is 9.95. The van der Waals surface area contributed by atoms with E-state index in [-0.39, 0.29) is 5.91 Å². The molecule has 2 aromatic rings. The number of hydrogen-bond donors (Lipinski definition) is 1. The van der Waals surface area contributed by atoms with Crippen molar-refractivity contribution in [2.45, 2.75) is 73.6 Å². The Balaban J connectivity index is 0.000000497. The minimum absolute atomic E-state index is 0.295. The highest BCUT2D eigenvalue weighted by molar-refractivity contribution is 7.15. The largest absolute Gasteiger partial charge is 0.494 e. The van der Waals surface area contributed by atoms with Crippen LogP contribution >= 0.6 is 22.9 Å². The highest BCUT2D eigenvalue weighted by Gasteiger charge is 2.21. The van der Waals surface area contributed by atoms with Crippen LogP contribution < -0.4 is 10.1 Å². The highest BCUT2D eigenvalue weighted by atomic mass is 35.5. The predicted molar refractivity (Wildman–Crippen MR) is 160 cm³/mol. The third kappa shape index (κ3) is 11.9.